The molecule has 1 aliphatic rings. The molecule has 0 spiro atoms. The van der Waals surface area contributed by atoms with Crippen LogP contribution in [0.3, 0.4) is 0 Å². The van der Waals surface area contributed by atoms with Gasteiger partial charge in [-0.1, -0.05) is 23.2 Å². The summed E-state index contributed by atoms with van der Waals surface area (Å²) >= 11 is 11.8. The molecule has 1 aromatic rings. The normalized spacial score (nSPS) is 20.6. The van der Waals surface area contributed by atoms with Crippen molar-refractivity contribution in [1.82, 2.24) is 10.2 Å². The van der Waals surface area contributed by atoms with E-state index in [0.29, 0.717) is 15.6 Å². The average molecular weight is 317 g/mol. The van der Waals surface area contributed by atoms with Gasteiger partial charge in [0.2, 0.25) is 11.8 Å². The highest BCUT2D eigenvalue weighted by Gasteiger charge is 2.35. The fourth-order valence-corrected chi connectivity index (χ4v) is 2.47. The fraction of sp³-hybridized carbons (Fsp3) is 0.385. The Morgan fingerprint density at radius 1 is 1.45 bits per heavy atom. The molecule has 2 N–H and O–H groups in total. The number of nitrogens with one attached hydrogen (secondary N) is 1. The van der Waals surface area contributed by atoms with E-state index < -0.39 is 12.1 Å². The Balaban J connectivity index is 1.99. The second-order valence-corrected chi connectivity index (χ2v) is 5.48. The Bertz CT molecular complexity index is 550. The monoisotopic (exact) mass is 316 g/mol. The van der Waals surface area contributed by atoms with Gasteiger partial charge in [0.1, 0.15) is 0 Å². The Morgan fingerprint density at radius 2 is 2.15 bits per heavy atom. The van der Waals surface area contributed by atoms with Crippen molar-refractivity contribution in [3.63, 3.8) is 0 Å². The Labute approximate surface area is 126 Å². The minimum Gasteiger partial charge on any atom is -0.387 e. The Kier molecular flexibility index (Phi) is 4.65. The molecule has 1 aliphatic heterocycles. The number of amides is 2. The first kappa shape index (κ1) is 15.3. The maximum absolute atomic E-state index is 11.7. The molecule has 20 heavy (non-hydrogen) atoms. The van der Waals surface area contributed by atoms with Gasteiger partial charge in [-0.05, 0) is 18.2 Å². The predicted molar refractivity (Wildman–Crippen MR) is 75.6 cm³/mol. The number of hydrogen-bond acceptors (Lipinski definition) is 4. The summed E-state index contributed by atoms with van der Waals surface area (Å²) in [4.78, 5) is 24.2. The smallest absolute Gasteiger partial charge is 0.246 e. The van der Waals surface area contributed by atoms with Crippen LogP contribution in [-0.2, 0) is 9.59 Å². The highest BCUT2D eigenvalue weighted by Crippen LogP contribution is 2.26. The molecule has 2 rings (SSSR count). The lowest BCUT2D eigenvalue weighted by atomic mass is 10.1. The number of benzene rings is 1. The largest absolute Gasteiger partial charge is 0.387 e. The van der Waals surface area contributed by atoms with E-state index >= 15 is 0 Å². The van der Waals surface area contributed by atoms with Crippen LogP contribution in [0.5, 0.6) is 0 Å². The fourth-order valence-electron chi connectivity index (χ4n) is 2.05. The zero-order valence-electron chi connectivity index (χ0n) is 10.8. The van der Waals surface area contributed by atoms with Crippen molar-refractivity contribution in [1.29, 1.82) is 0 Å². The molecule has 2 atom stereocenters. The first-order valence-corrected chi connectivity index (χ1v) is 6.82. The number of aliphatic hydroxyl groups is 1. The molecule has 0 bridgehead atoms. The van der Waals surface area contributed by atoms with E-state index in [-0.39, 0.29) is 24.8 Å². The van der Waals surface area contributed by atoms with Crippen molar-refractivity contribution in [2.24, 2.45) is 0 Å². The second kappa shape index (κ2) is 6.10. The van der Waals surface area contributed by atoms with Crippen LogP contribution in [0.1, 0.15) is 18.1 Å². The minimum atomic E-state index is -0.907. The van der Waals surface area contributed by atoms with Gasteiger partial charge in [0, 0.05) is 29.2 Å². The average Bonchev–Trinajstić information content (AvgIpc) is 2.66. The summed E-state index contributed by atoms with van der Waals surface area (Å²) in [6.45, 7) is 0.109. The lowest BCUT2D eigenvalue weighted by Crippen LogP contribution is -2.39. The van der Waals surface area contributed by atoms with Gasteiger partial charge in [-0.25, -0.2) is 0 Å². The number of nitrogens with zero attached hydrogens (tertiary/aromatic N) is 1. The van der Waals surface area contributed by atoms with E-state index in [1.54, 1.807) is 18.2 Å². The summed E-state index contributed by atoms with van der Waals surface area (Å²) in [5.74, 6) is -0.526. The van der Waals surface area contributed by atoms with Gasteiger partial charge in [-0.15, -0.1) is 0 Å². The Hall–Kier alpha value is -1.14. The molecule has 1 fully saturated rings. The number of halogens is 2. The standard InChI is InChI=1S/C13H14Cl2N2O3/c1-17-12(19)5-10(13(17)20)16-6-11(18)8-4-7(14)2-3-9(8)15/h2-4,10-11,16,18H,5-6H2,1H3. The molecule has 1 heterocycles. The molecule has 0 saturated carbocycles. The lowest BCUT2D eigenvalue weighted by molar-refractivity contribution is -0.137. The number of likely N-dealkylation sites (N-methyl/N-ethyl adjacent to an activating group) is 1. The third-order valence-electron chi connectivity index (χ3n) is 3.26. The minimum absolute atomic E-state index is 0.103. The zero-order valence-corrected chi connectivity index (χ0v) is 12.3. The lowest BCUT2D eigenvalue weighted by Gasteiger charge is -2.16. The van der Waals surface area contributed by atoms with E-state index in [1.807, 2.05) is 0 Å². The maximum Gasteiger partial charge on any atom is 0.246 e. The number of carbonyl (C=O) groups is 2. The SMILES string of the molecule is CN1C(=O)CC(NCC(O)c2cc(Cl)ccc2Cl)C1=O. The van der Waals surface area contributed by atoms with Crippen molar-refractivity contribution in [3.05, 3.63) is 33.8 Å². The molecule has 0 aromatic heterocycles. The second-order valence-electron chi connectivity index (χ2n) is 4.64. The van der Waals surface area contributed by atoms with Gasteiger partial charge < -0.3 is 10.4 Å². The summed E-state index contributed by atoms with van der Waals surface area (Å²) in [6, 6.07) is 4.20. The van der Waals surface area contributed by atoms with E-state index in [4.69, 9.17) is 23.2 Å². The van der Waals surface area contributed by atoms with Crippen LogP contribution in [0.4, 0.5) is 0 Å². The summed E-state index contributed by atoms with van der Waals surface area (Å²) in [7, 11) is 1.44. The van der Waals surface area contributed by atoms with E-state index in [1.165, 1.54) is 7.05 Å². The van der Waals surface area contributed by atoms with Crippen LogP contribution in [0.25, 0.3) is 0 Å². The summed E-state index contributed by atoms with van der Waals surface area (Å²) < 4.78 is 0. The third-order valence-corrected chi connectivity index (χ3v) is 3.84. The molecule has 7 heteroatoms. The molecule has 2 unspecified atom stereocenters. The Morgan fingerprint density at radius 3 is 2.75 bits per heavy atom. The summed E-state index contributed by atoms with van der Waals surface area (Å²) in [6.07, 6.45) is -0.805. The molecule has 108 valence electrons. The maximum atomic E-state index is 11.7. The predicted octanol–water partition coefficient (Wildman–Crippen LogP) is 1.37. The first-order chi connectivity index (χ1) is 9.40. The van der Waals surface area contributed by atoms with Gasteiger partial charge >= 0.3 is 0 Å². The third kappa shape index (κ3) is 3.12. The number of carbonyl (C=O) groups excluding carboxylic acids is 2. The molecular formula is C13H14Cl2N2O3. The highest BCUT2D eigenvalue weighted by atomic mass is 35.5. The highest BCUT2D eigenvalue weighted by molar-refractivity contribution is 6.33. The van der Waals surface area contributed by atoms with E-state index in [2.05, 4.69) is 5.32 Å². The van der Waals surface area contributed by atoms with Gasteiger partial charge in [-0.2, -0.15) is 0 Å². The van der Waals surface area contributed by atoms with Crippen LogP contribution in [0.15, 0.2) is 18.2 Å². The summed E-state index contributed by atoms with van der Waals surface area (Å²) in [5, 5.41) is 13.8. The molecule has 0 radical (unpaired) electrons. The number of imide groups is 1. The molecule has 2 amide bonds. The van der Waals surface area contributed by atoms with Crippen LogP contribution in [0, 0.1) is 0 Å². The van der Waals surface area contributed by atoms with Crippen molar-refractivity contribution < 1.29 is 14.7 Å². The van der Waals surface area contributed by atoms with Crippen LogP contribution in [0.2, 0.25) is 10.0 Å². The molecule has 1 saturated heterocycles. The van der Waals surface area contributed by atoms with Crippen LogP contribution < -0.4 is 5.32 Å². The number of aliphatic hydroxyl groups excluding tert-OH is 1. The topological polar surface area (TPSA) is 69.6 Å². The van der Waals surface area contributed by atoms with Crippen molar-refractivity contribution in [2.45, 2.75) is 18.6 Å². The zero-order chi connectivity index (χ0) is 14.9. The number of rotatable bonds is 4. The van der Waals surface area contributed by atoms with Crippen molar-refractivity contribution in [3.8, 4) is 0 Å². The van der Waals surface area contributed by atoms with Gasteiger partial charge in [0.25, 0.3) is 0 Å². The molecule has 5 nitrogen and oxygen atoms in total. The summed E-state index contributed by atoms with van der Waals surface area (Å²) in [5.41, 5.74) is 0.483. The van der Waals surface area contributed by atoms with Crippen molar-refractivity contribution in [2.75, 3.05) is 13.6 Å². The van der Waals surface area contributed by atoms with Crippen LogP contribution >= 0.6 is 23.2 Å². The van der Waals surface area contributed by atoms with E-state index in [9.17, 15) is 14.7 Å². The number of likely N-dealkylation sites (tertiary alicyclic amines) is 1. The van der Waals surface area contributed by atoms with Crippen LogP contribution in [-0.4, -0.2) is 41.5 Å². The van der Waals surface area contributed by atoms with E-state index in [0.717, 1.165) is 4.90 Å². The molecule has 1 aromatic carbocycles. The van der Waals surface area contributed by atoms with Crippen molar-refractivity contribution >= 4 is 35.0 Å². The quantitative estimate of drug-likeness (QED) is 0.823. The number of hydrogen-bond donors (Lipinski definition) is 2. The molecule has 0 aliphatic carbocycles. The van der Waals surface area contributed by atoms with Gasteiger partial charge in [0.05, 0.1) is 18.6 Å². The first-order valence-electron chi connectivity index (χ1n) is 6.07. The van der Waals surface area contributed by atoms with Gasteiger partial charge in [-0.3, -0.25) is 14.5 Å². The van der Waals surface area contributed by atoms with Gasteiger partial charge in [0.15, 0.2) is 0 Å². The molecular weight excluding hydrogens is 303 g/mol.